The van der Waals surface area contributed by atoms with Crippen LogP contribution in [-0.2, 0) is 16.1 Å². The minimum Gasteiger partial charge on any atom is -0.353 e. The fourth-order valence-corrected chi connectivity index (χ4v) is 3.33. The summed E-state index contributed by atoms with van der Waals surface area (Å²) in [5.41, 5.74) is 0.832. The molecule has 2 aromatic rings. The van der Waals surface area contributed by atoms with Crippen LogP contribution >= 0.6 is 0 Å². The number of hydrogen-bond acceptors (Lipinski definition) is 7. The van der Waals surface area contributed by atoms with E-state index in [1.165, 1.54) is 4.90 Å². The quantitative estimate of drug-likeness (QED) is 0.780. The van der Waals surface area contributed by atoms with Gasteiger partial charge < -0.3 is 14.7 Å². The second kappa shape index (κ2) is 8.69. The lowest BCUT2D eigenvalue weighted by Crippen LogP contribution is -2.58. The van der Waals surface area contributed by atoms with Crippen LogP contribution in [0.1, 0.15) is 33.1 Å². The Hall–Kier alpha value is -2.81. The maximum atomic E-state index is 12.8. The van der Waals surface area contributed by atoms with Gasteiger partial charge >= 0.3 is 0 Å². The van der Waals surface area contributed by atoms with E-state index in [1.807, 2.05) is 0 Å². The van der Waals surface area contributed by atoms with Crippen molar-refractivity contribution in [2.45, 2.75) is 39.8 Å². The first kappa shape index (κ1) is 20.9. The molecule has 9 heteroatoms. The van der Waals surface area contributed by atoms with E-state index in [0.29, 0.717) is 18.3 Å². The van der Waals surface area contributed by atoms with Crippen LogP contribution in [0.25, 0.3) is 11.4 Å². The molecule has 3 rings (SSSR count). The molecule has 9 nitrogen and oxygen atoms in total. The standard InChI is InChI=1S/C20H28N6O3/c1-20(2,3)13-26-10-9-22-19(28)15(26)11-17(27)25(4)12-16-23-18(24-29-16)14-5-7-21-8-6-14/h5-8,15H,9-13H2,1-4H3,(H,22,28). The lowest BCUT2D eigenvalue weighted by Gasteiger charge is -2.38. The fraction of sp³-hybridized carbons (Fsp3) is 0.550. The molecule has 2 amide bonds. The third-order valence-electron chi connectivity index (χ3n) is 4.69. The van der Waals surface area contributed by atoms with Crippen LogP contribution in [0.2, 0.25) is 0 Å². The summed E-state index contributed by atoms with van der Waals surface area (Å²) < 4.78 is 5.27. The van der Waals surface area contributed by atoms with Gasteiger partial charge in [-0.05, 0) is 17.5 Å². The van der Waals surface area contributed by atoms with Gasteiger partial charge in [-0.1, -0.05) is 25.9 Å². The van der Waals surface area contributed by atoms with E-state index in [-0.39, 0.29) is 30.2 Å². The molecular weight excluding hydrogens is 372 g/mol. The average Bonchev–Trinajstić information content (AvgIpc) is 3.12. The summed E-state index contributed by atoms with van der Waals surface area (Å²) in [5.74, 6) is 0.549. The predicted molar refractivity (Wildman–Crippen MR) is 106 cm³/mol. The summed E-state index contributed by atoms with van der Waals surface area (Å²) in [6.45, 7) is 8.66. The molecule has 0 saturated carbocycles. The molecule has 29 heavy (non-hydrogen) atoms. The number of nitrogens with one attached hydrogen (secondary N) is 1. The Bertz CT molecular complexity index is 845. The summed E-state index contributed by atoms with van der Waals surface area (Å²) in [5, 5.41) is 6.82. The van der Waals surface area contributed by atoms with Gasteiger partial charge in [0.15, 0.2) is 0 Å². The third-order valence-corrected chi connectivity index (χ3v) is 4.69. The van der Waals surface area contributed by atoms with Gasteiger partial charge in [-0.15, -0.1) is 0 Å². The van der Waals surface area contributed by atoms with Crippen molar-refractivity contribution in [2.24, 2.45) is 5.41 Å². The Morgan fingerprint density at radius 1 is 1.34 bits per heavy atom. The molecular formula is C20H28N6O3. The van der Waals surface area contributed by atoms with Gasteiger partial charge in [-0.25, -0.2) is 0 Å². The molecule has 0 radical (unpaired) electrons. The zero-order valence-electron chi connectivity index (χ0n) is 17.4. The summed E-state index contributed by atoms with van der Waals surface area (Å²) in [6, 6.07) is 3.11. The van der Waals surface area contributed by atoms with Crippen molar-refractivity contribution in [3.05, 3.63) is 30.4 Å². The number of rotatable bonds is 6. The molecule has 156 valence electrons. The maximum Gasteiger partial charge on any atom is 0.246 e. The highest BCUT2D eigenvalue weighted by molar-refractivity contribution is 5.88. The smallest absolute Gasteiger partial charge is 0.246 e. The molecule has 0 aromatic carbocycles. The zero-order chi connectivity index (χ0) is 21.0. The van der Waals surface area contributed by atoms with E-state index in [2.05, 4.69) is 46.1 Å². The molecule has 0 spiro atoms. The predicted octanol–water partition coefficient (Wildman–Crippen LogP) is 1.33. The summed E-state index contributed by atoms with van der Waals surface area (Å²) in [4.78, 5) is 37.1. The van der Waals surface area contributed by atoms with Crippen LogP contribution < -0.4 is 5.32 Å². The van der Waals surface area contributed by atoms with Gasteiger partial charge in [0.2, 0.25) is 23.5 Å². The van der Waals surface area contributed by atoms with E-state index in [9.17, 15) is 9.59 Å². The minimum absolute atomic E-state index is 0.0396. The molecule has 0 aliphatic carbocycles. The van der Waals surface area contributed by atoms with Gasteiger partial charge in [0.05, 0.1) is 19.0 Å². The van der Waals surface area contributed by atoms with Crippen molar-refractivity contribution in [3.8, 4) is 11.4 Å². The molecule has 1 aliphatic heterocycles. The fourth-order valence-electron chi connectivity index (χ4n) is 3.33. The van der Waals surface area contributed by atoms with E-state index in [4.69, 9.17) is 4.52 Å². The van der Waals surface area contributed by atoms with Crippen LogP contribution in [-0.4, -0.2) is 69.5 Å². The highest BCUT2D eigenvalue weighted by Crippen LogP contribution is 2.20. The van der Waals surface area contributed by atoms with Crippen molar-refractivity contribution < 1.29 is 14.1 Å². The summed E-state index contributed by atoms with van der Waals surface area (Å²) >= 11 is 0. The van der Waals surface area contributed by atoms with E-state index in [0.717, 1.165) is 18.7 Å². The number of hydrogen-bond donors (Lipinski definition) is 1. The number of amides is 2. The largest absolute Gasteiger partial charge is 0.353 e. The number of carbonyl (C=O) groups is 2. The van der Waals surface area contributed by atoms with Gasteiger partial charge in [0.1, 0.15) is 0 Å². The molecule has 1 N–H and O–H groups in total. The Morgan fingerprint density at radius 3 is 2.76 bits per heavy atom. The molecule has 0 bridgehead atoms. The summed E-state index contributed by atoms with van der Waals surface area (Å²) in [7, 11) is 1.67. The van der Waals surface area contributed by atoms with Crippen LogP contribution in [0.15, 0.2) is 29.0 Å². The number of carbonyl (C=O) groups excluding carboxylic acids is 2. The zero-order valence-corrected chi connectivity index (χ0v) is 17.4. The average molecular weight is 400 g/mol. The molecule has 3 heterocycles. The lowest BCUT2D eigenvalue weighted by atomic mass is 9.94. The molecule has 1 saturated heterocycles. The number of piperazine rings is 1. The Morgan fingerprint density at radius 2 is 2.07 bits per heavy atom. The topological polar surface area (TPSA) is 104 Å². The monoisotopic (exact) mass is 400 g/mol. The van der Waals surface area contributed by atoms with Crippen molar-refractivity contribution in [2.75, 3.05) is 26.7 Å². The van der Waals surface area contributed by atoms with Crippen LogP contribution in [0.5, 0.6) is 0 Å². The van der Waals surface area contributed by atoms with Gasteiger partial charge in [-0.3, -0.25) is 19.5 Å². The van der Waals surface area contributed by atoms with E-state index < -0.39 is 6.04 Å². The van der Waals surface area contributed by atoms with Gasteiger partial charge in [0, 0.05) is 44.6 Å². The minimum atomic E-state index is -0.465. The second-order valence-electron chi connectivity index (χ2n) is 8.54. The number of nitrogens with zero attached hydrogens (tertiary/aromatic N) is 5. The first-order chi connectivity index (χ1) is 13.7. The highest BCUT2D eigenvalue weighted by atomic mass is 16.5. The highest BCUT2D eigenvalue weighted by Gasteiger charge is 2.34. The van der Waals surface area contributed by atoms with Crippen molar-refractivity contribution in [3.63, 3.8) is 0 Å². The molecule has 1 aliphatic rings. The lowest BCUT2D eigenvalue weighted by molar-refractivity contribution is -0.139. The maximum absolute atomic E-state index is 12.8. The summed E-state index contributed by atoms with van der Waals surface area (Å²) in [6.07, 6.45) is 3.42. The Balaban J connectivity index is 1.62. The van der Waals surface area contributed by atoms with Gasteiger partial charge in [0.25, 0.3) is 0 Å². The second-order valence-corrected chi connectivity index (χ2v) is 8.54. The van der Waals surface area contributed by atoms with Crippen molar-refractivity contribution >= 4 is 11.8 Å². The van der Waals surface area contributed by atoms with Crippen molar-refractivity contribution in [1.82, 2.24) is 30.2 Å². The Kier molecular flexibility index (Phi) is 6.26. The molecule has 1 fully saturated rings. The number of aromatic nitrogens is 3. The third kappa shape index (κ3) is 5.60. The first-order valence-electron chi connectivity index (χ1n) is 9.72. The number of pyridine rings is 1. The van der Waals surface area contributed by atoms with Crippen molar-refractivity contribution in [1.29, 1.82) is 0 Å². The van der Waals surface area contributed by atoms with Crippen LogP contribution in [0.3, 0.4) is 0 Å². The SMILES string of the molecule is CN(Cc1nc(-c2ccncc2)no1)C(=O)CC1C(=O)NCCN1CC(C)(C)C. The first-order valence-corrected chi connectivity index (χ1v) is 9.72. The van der Waals surface area contributed by atoms with E-state index >= 15 is 0 Å². The van der Waals surface area contributed by atoms with Crippen LogP contribution in [0.4, 0.5) is 0 Å². The molecule has 1 atom stereocenters. The normalized spacial score (nSPS) is 17.8. The Labute approximate surface area is 170 Å². The molecule has 1 unspecified atom stereocenters. The van der Waals surface area contributed by atoms with Crippen LogP contribution in [0, 0.1) is 5.41 Å². The van der Waals surface area contributed by atoms with Gasteiger partial charge in [-0.2, -0.15) is 4.98 Å². The molecule has 2 aromatic heterocycles. The van der Waals surface area contributed by atoms with E-state index in [1.54, 1.807) is 31.6 Å².